The molecule has 0 saturated heterocycles. The van der Waals surface area contributed by atoms with Crippen molar-refractivity contribution in [3.05, 3.63) is 0 Å². The Bertz CT molecular complexity index is 13.5. The van der Waals surface area contributed by atoms with Gasteiger partial charge in [-0.1, -0.05) is 0 Å². The standard InChI is InChI=1S/C2H4O.Hg/c1-2-3;/h2H,1H3;. The Kier molecular flexibility index (Phi) is 20.9. The molecule has 0 aromatic rings. The van der Waals surface area contributed by atoms with Crippen molar-refractivity contribution in [3.63, 3.8) is 0 Å². The molecule has 0 aliphatic rings. The average Bonchev–Trinajstić information content (AvgIpc) is 0.918. The van der Waals surface area contributed by atoms with Gasteiger partial charge in [0.2, 0.25) is 0 Å². The number of hydrogen-bond donors (Lipinski definition) is 0. The Labute approximate surface area is 45.9 Å². The molecule has 0 bridgehead atoms. The van der Waals surface area contributed by atoms with Gasteiger partial charge in [-0.25, -0.2) is 0 Å². The van der Waals surface area contributed by atoms with Gasteiger partial charge in [0.15, 0.2) is 0 Å². The normalized spacial score (nSPS) is 3.25. The summed E-state index contributed by atoms with van der Waals surface area (Å²) in [5, 5.41) is 0. The van der Waals surface area contributed by atoms with E-state index in [0.29, 0.717) is 0 Å². The molecule has 0 aliphatic heterocycles. The summed E-state index contributed by atoms with van der Waals surface area (Å²) in [6.07, 6.45) is 0.750. The summed E-state index contributed by atoms with van der Waals surface area (Å²) in [5.74, 6) is 0. The fraction of sp³-hybridized carbons (Fsp3) is 0.500. The van der Waals surface area contributed by atoms with Crippen molar-refractivity contribution in [2.75, 3.05) is 0 Å². The number of carbonyl (C=O) groups excluding carboxylic acids is 1. The van der Waals surface area contributed by atoms with E-state index >= 15 is 0 Å². The maximum atomic E-state index is 8.81. The van der Waals surface area contributed by atoms with Crippen LogP contribution in [0.15, 0.2) is 0 Å². The average molecular weight is 245 g/mol. The first-order chi connectivity index (χ1) is 1.41. The van der Waals surface area contributed by atoms with Crippen LogP contribution in [0.2, 0.25) is 0 Å². The summed E-state index contributed by atoms with van der Waals surface area (Å²) in [7, 11) is 0. The van der Waals surface area contributed by atoms with Crippen molar-refractivity contribution in [1.82, 2.24) is 0 Å². The SMILES string of the molecule is CC=O.[Hg]. The van der Waals surface area contributed by atoms with Crippen LogP contribution < -0.4 is 0 Å². The maximum Gasteiger partial charge on any atom is 0.116 e. The van der Waals surface area contributed by atoms with Gasteiger partial charge in [0, 0.05) is 27.7 Å². The van der Waals surface area contributed by atoms with E-state index in [9.17, 15) is 0 Å². The Morgan fingerprint density at radius 1 is 1.75 bits per heavy atom. The van der Waals surface area contributed by atoms with Crippen LogP contribution in [0.1, 0.15) is 6.92 Å². The minimum Gasteiger partial charge on any atom is -0.304 e. The molecule has 2 heteroatoms. The number of rotatable bonds is 0. The largest absolute Gasteiger partial charge is 0.304 e. The second-order valence-electron chi connectivity index (χ2n) is 0.236. The van der Waals surface area contributed by atoms with Crippen molar-refractivity contribution < 1.29 is 32.5 Å². The van der Waals surface area contributed by atoms with E-state index in [1.807, 2.05) is 0 Å². The van der Waals surface area contributed by atoms with Gasteiger partial charge in [-0.2, -0.15) is 0 Å². The molecule has 0 fully saturated rings. The molecule has 4 heavy (non-hydrogen) atoms. The third-order valence-corrected chi connectivity index (χ3v) is 0. The zero-order chi connectivity index (χ0) is 2.71. The van der Waals surface area contributed by atoms with E-state index in [-0.39, 0.29) is 27.7 Å². The fourth-order valence-electron chi connectivity index (χ4n) is 0. The van der Waals surface area contributed by atoms with Gasteiger partial charge in [-0.15, -0.1) is 0 Å². The van der Waals surface area contributed by atoms with Crippen molar-refractivity contribution in [2.45, 2.75) is 6.92 Å². The topological polar surface area (TPSA) is 17.1 Å². The van der Waals surface area contributed by atoms with Crippen LogP contribution in [0.25, 0.3) is 0 Å². The molecule has 0 N–H and O–H groups in total. The number of hydrogen-bond acceptors (Lipinski definition) is 1. The maximum absolute atomic E-state index is 8.81. The van der Waals surface area contributed by atoms with Crippen molar-refractivity contribution >= 4 is 6.29 Å². The molecule has 0 aromatic carbocycles. The summed E-state index contributed by atoms with van der Waals surface area (Å²) in [6, 6.07) is 0. The van der Waals surface area contributed by atoms with Gasteiger partial charge in [0.05, 0.1) is 0 Å². The molecule has 0 radical (unpaired) electrons. The van der Waals surface area contributed by atoms with Crippen LogP contribution in [0.5, 0.6) is 0 Å². The summed E-state index contributed by atoms with van der Waals surface area (Å²) < 4.78 is 0. The van der Waals surface area contributed by atoms with Crippen LogP contribution in [0.3, 0.4) is 0 Å². The Hall–Kier alpha value is 0.605. The third-order valence-electron chi connectivity index (χ3n) is 0. The molecule has 20 valence electrons. The quantitative estimate of drug-likeness (QED) is 0.440. The van der Waals surface area contributed by atoms with Crippen molar-refractivity contribution in [1.29, 1.82) is 0 Å². The van der Waals surface area contributed by atoms with Gasteiger partial charge >= 0.3 is 0 Å². The Morgan fingerprint density at radius 3 is 1.75 bits per heavy atom. The molecule has 0 spiro atoms. The minimum absolute atomic E-state index is 0. The first kappa shape index (κ1) is 8.82. The Morgan fingerprint density at radius 2 is 1.75 bits per heavy atom. The number of carbonyl (C=O) groups is 1. The summed E-state index contributed by atoms with van der Waals surface area (Å²) in [4.78, 5) is 8.81. The molecule has 0 aromatic heterocycles. The van der Waals surface area contributed by atoms with E-state index in [1.165, 1.54) is 6.92 Å². The van der Waals surface area contributed by atoms with Crippen LogP contribution in [0.4, 0.5) is 0 Å². The second-order valence-corrected chi connectivity index (χ2v) is 0.236. The summed E-state index contributed by atoms with van der Waals surface area (Å²) in [5.41, 5.74) is 0. The van der Waals surface area contributed by atoms with E-state index < -0.39 is 0 Å². The minimum atomic E-state index is 0. The molecule has 1 nitrogen and oxygen atoms in total. The number of aldehydes is 1. The molecular weight excluding hydrogens is 241 g/mol. The zero-order valence-corrected chi connectivity index (χ0v) is 8.19. The molecule has 0 atom stereocenters. The smallest absolute Gasteiger partial charge is 0.116 e. The fourth-order valence-corrected chi connectivity index (χ4v) is 0. The zero-order valence-electron chi connectivity index (χ0n) is 2.69. The van der Waals surface area contributed by atoms with Gasteiger partial charge in [0.25, 0.3) is 0 Å². The van der Waals surface area contributed by atoms with E-state index in [2.05, 4.69) is 0 Å². The van der Waals surface area contributed by atoms with E-state index in [1.54, 1.807) is 0 Å². The van der Waals surface area contributed by atoms with Crippen LogP contribution >= 0.6 is 0 Å². The van der Waals surface area contributed by atoms with Gasteiger partial charge in [0.1, 0.15) is 6.29 Å². The van der Waals surface area contributed by atoms with Crippen LogP contribution in [-0.2, 0) is 32.5 Å². The monoisotopic (exact) mass is 246 g/mol. The van der Waals surface area contributed by atoms with Gasteiger partial charge in [-0.3, -0.25) is 0 Å². The predicted molar refractivity (Wildman–Crippen MR) is 11.7 cm³/mol. The molecule has 0 amide bonds. The molecule has 0 aliphatic carbocycles. The predicted octanol–water partition coefficient (Wildman–Crippen LogP) is 0.203. The first-order valence-electron chi connectivity index (χ1n) is 0.813. The van der Waals surface area contributed by atoms with Crippen molar-refractivity contribution in [3.8, 4) is 0 Å². The summed E-state index contributed by atoms with van der Waals surface area (Å²) in [6.45, 7) is 1.44. The molecule has 0 rings (SSSR count). The first-order valence-corrected chi connectivity index (χ1v) is 0.813. The van der Waals surface area contributed by atoms with Crippen molar-refractivity contribution in [2.24, 2.45) is 0 Å². The molecule has 0 unspecified atom stereocenters. The molecular formula is C2H4HgO. The van der Waals surface area contributed by atoms with Crippen LogP contribution in [0, 0.1) is 0 Å². The summed E-state index contributed by atoms with van der Waals surface area (Å²) >= 11 is 0. The van der Waals surface area contributed by atoms with Gasteiger partial charge in [-0.05, 0) is 6.92 Å². The van der Waals surface area contributed by atoms with Gasteiger partial charge < -0.3 is 4.79 Å². The van der Waals surface area contributed by atoms with Crippen LogP contribution in [-0.4, -0.2) is 6.29 Å². The molecule has 0 heterocycles. The Balaban J connectivity index is 0. The molecule has 0 saturated carbocycles. The second kappa shape index (κ2) is 9.50. The van der Waals surface area contributed by atoms with E-state index in [4.69, 9.17) is 4.79 Å². The third kappa shape index (κ3) is 18.3. The van der Waals surface area contributed by atoms with E-state index in [0.717, 1.165) is 6.29 Å².